The number of thiophene rings is 1. The van der Waals surface area contributed by atoms with Gasteiger partial charge in [-0.2, -0.15) is 0 Å². The number of carbonyl (C=O) groups is 1. The fourth-order valence-electron chi connectivity index (χ4n) is 1.66. The first-order valence-electron chi connectivity index (χ1n) is 6.46. The molecule has 2 amide bonds. The average molecular weight is 339 g/mol. The van der Waals surface area contributed by atoms with Gasteiger partial charge in [0.05, 0.1) is 11.4 Å². The number of sulfonamides is 1. The molecular formula is C14H17N3O3S2. The molecule has 118 valence electrons. The second kappa shape index (κ2) is 6.37. The summed E-state index contributed by atoms with van der Waals surface area (Å²) in [6.45, 7) is 1.84. The highest BCUT2D eigenvalue weighted by Crippen LogP contribution is 2.27. The Hall–Kier alpha value is -2.06. The van der Waals surface area contributed by atoms with Crippen LogP contribution in [0.4, 0.5) is 16.2 Å². The molecule has 0 aliphatic rings. The molecule has 0 aliphatic carbocycles. The molecule has 0 unspecified atom stereocenters. The number of nitrogens with zero attached hydrogens (tertiary/aromatic N) is 1. The molecule has 1 heterocycles. The highest BCUT2D eigenvalue weighted by atomic mass is 32.2. The maximum absolute atomic E-state index is 12.4. The largest absolute Gasteiger partial charge is 0.331 e. The first-order valence-corrected chi connectivity index (χ1v) is 8.76. The fraction of sp³-hybridized carbons (Fsp3) is 0.214. The lowest BCUT2D eigenvalue weighted by Crippen LogP contribution is -2.28. The number of rotatable bonds is 4. The molecule has 1 aromatic carbocycles. The van der Waals surface area contributed by atoms with Gasteiger partial charge in [-0.25, -0.2) is 13.2 Å². The van der Waals surface area contributed by atoms with Gasteiger partial charge in [-0.15, -0.1) is 11.3 Å². The highest BCUT2D eigenvalue weighted by Gasteiger charge is 2.18. The summed E-state index contributed by atoms with van der Waals surface area (Å²) in [4.78, 5) is 14.0. The van der Waals surface area contributed by atoms with Crippen molar-refractivity contribution in [3.8, 4) is 0 Å². The molecule has 0 bridgehead atoms. The van der Waals surface area contributed by atoms with E-state index in [1.165, 1.54) is 16.2 Å². The van der Waals surface area contributed by atoms with Crippen LogP contribution in [0.3, 0.4) is 0 Å². The van der Waals surface area contributed by atoms with Crippen molar-refractivity contribution < 1.29 is 13.2 Å². The van der Waals surface area contributed by atoms with Crippen LogP contribution in [0.25, 0.3) is 0 Å². The number of amides is 2. The van der Waals surface area contributed by atoms with Crippen LogP contribution in [0.1, 0.15) is 4.88 Å². The number of nitrogens with one attached hydrogen (secondary N) is 2. The second-order valence-corrected chi connectivity index (χ2v) is 8.04. The molecule has 0 radical (unpaired) electrons. The summed E-state index contributed by atoms with van der Waals surface area (Å²) in [6, 6.07) is 9.63. The van der Waals surface area contributed by atoms with E-state index in [0.717, 1.165) is 4.88 Å². The molecule has 0 atom stereocenters. The van der Waals surface area contributed by atoms with E-state index < -0.39 is 10.0 Å². The van der Waals surface area contributed by atoms with E-state index in [0.29, 0.717) is 11.4 Å². The lowest BCUT2D eigenvalue weighted by molar-refractivity contribution is 0.230. The minimum atomic E-state index is -3.67. The van der Waals surface area contributed by atoms with E-state index >= 15 is 0 Å². The van der Waals surface area contributed by atoms with E-state index in [9.17, 15) is 13.2 Å². The minimum absolute atomic E-state index is 0.235. The van der Waals surface area contributed by atoms with Gasteiger partial charge >= 0.3 is 6.03 Å². The first kappa shape index (κ1) is 16.3. The number of anilines is 2. The number of para-hydroxylation sites is 2. The van der Waals surface area contributed by atoms with Crippen molar-refractivity contribution >= 4 is 38.8 Å². The van der Waals surface area contributed by atoms with E-state index in [1.807, 2.05) is 6.92 Å². The molecule has 0 saturated carbocycles. The van der Waals surface area contributed by atoms with Gasteiger partial charge in [0.15, 0.2) is 0 Å². The van der Waals surface area contributed by atoms with Gasteiger partial charge in [0.1, 0.15) is 4.21 Å². The van der Waals surface area contributed by atoms with Gasteiger partial charge < -0.3 is 10.2 Å². The second-order valence-electron chi connectivity index (χ2n) is 4.84. The van der Waals surface area contributed by atoms with Crippen LogP contribution in [0.2, 0.25) is 0 Å². The summed E-state index contributed by atoms with van der Waals surface area (Å²) in [5.41, 5.74) is 0.724. The van der Waals surface area contributed by atoms with Gasteiger partial charge in [-0.1, -0.05) is 12.1 Å². The Labute approximate surface area is 133 Å². The number of urea groups is 1. The maximum atomic E-state index is 12.4. The summed E-state index contributed by atoms with van der Waals surface area (Å²) < 4.78 is 27.5. The van der Waals surface area contributed by atoms with Crippen LogP contribution in [0.5, 0.6) is 0 Å². The number of benzene rings is 1. The Morgan fingerprint density at radius 1 is 1.09 bits per heavy atom. The van der Waals surface area contributed by atoms with Gasteiger partial charge in [-0.05, 0) is 31.2 Å². The zero-order valence-corrected chi connectivity index (χ0v) is 14.1. The predicted molar refractivity (Wildman–Crippen MR) is 89.0 cm³/mol. The Bertz CT molecular complexity index is 782. The van der Waals surface area contributed by atoms with Crippen LogP contribution in [-0.2, 0) is 10.0 Å². The third kappa shape index (κ3) is 3.77. The summed E-state index contributed by atoms with van der Waals surface area (Å²) >= 11 is 1.19. The predicted octanol–water partition coefficient (Wildman–Crippen LogP) is 2.95. The van der Waals surface area contributed by atoms with E-state index in [-0.39, 0.29) is 10.2 Å². The summed E-state index contributed by atoms with van der Waals surface area (Å²) in [7, 11) is -0.452. The minimum Gasteiger partial charge on any atom is -0.331 e. The molecular weight excluding hydrogens is 322 g/mol. The molecule has 0 spiro atoms. The quantitative estimate of drug-likeness (QED) is 0.899. The number of hydrogen-bond acceptors (Lipinski definition) is 4. The SMILES string of the molecule is Cc1ccc(S(=O)(=O)Nc2ccccc2NC(=O)N(C)C)s1. The Balaban J connectivity index is 2.28. The molecule has 2 N–H and O–H groups in total. The summed E-state index contributed by atoms with van der Waals surface area (Å²) in [5, 5.41) is 2.65. The summed E-state index contributed by atoms with van der Waals surface area (Å²) in [6.07, 6.45) is 0. The molecule has 0 saturated heterocycles. The Morgan fingerprint density at radius 2 is 1.73 bits per heavy atom. The monoisotopic (exact) mass is 339 g/mol. The molecule has 2 aromatic rings. The lowest BCUT2D eigenvalue weighted by Gasteiger charge is -2.15. The number of hydrogen-bond donors (Lipinski definition) is 2. The van der Waals surface area contributed by atoms with Crippen LogP contribution < -0.4 is 10.0 Å². The summed E-state index contributed by atoms with van der Waals surface area (Å²) in [5.74, 6) is 0. The van der Waals surface area contributed by atoms with Crippen LogP contribution >= 0.6 is 11.3 Å². The van der Waals surface area contributed by atoms with Gasteiger partial charge in [0.25, 0.3) is 10.0 Å². The van der Waals surface area contributed by atoms with Crippen molar-refractivity contribution in [1.29, 1.82) is 0 Å². The topological polar surface area (TPSA) is 78.5 Å². The van der Waals surface area contributed by atoms with Crippen molar-refractivity contribution in [2.24, 2.45) is 0 Å². The number of carbonyl (C=O) groups excluding carboxylic acids is 1. The van der Waals surface area contributed by atoms with E-state index in [2.05, 4.69) is 10.0 Å². The third-order valence-corrected chi connectivity index (χ3v) is 5.66. The molecule has 22 heavy (non-hydrogen) atoms. The van der Waals surface area contributed by atoms with Gasteiger partial charge in [0, 0.05) is 19.0 Å². The average Bonchev–Trinajstić information content (AvgIpc) is 2.88. The zero-order valence-electron chi connectivity index (χ0n) is 12.5. The maximum Gasteiger partial charge on any atom is 0.321 e. The van der Waals surface area contributed by atoms with Crippen molar-refractivity contribution in [2.45, 2.75) is 11.1 Å². The lowest BCUT2D eigenvalue weighted by atomic mass is 10.3. The van der Waals surface area contributed by atoms with Gasteiger partial charge in [0.2, 0.25) is 0 Å². The standard InChI is InChI=1S/C14H17N3O3S2/c1-10-8-9-13(21-10)22(19,20)16-12-7-5-4-6-11(12)15-14(18)17(2)3/h4-9,16H,1-3H3,(H,15,18). The first-order chi connectivity index (χ1) is 10.3. The number of aryl methyl sites for hydroxylation is 1. The van der Waals surface area contributed by atoms with Gasteiger partial charge in [-0.3, -0.25) is 4.72 Å². The van der Waals surface area contributed by atoms with Crippen molar-refractivity contribution in [1.82, 2.24) is 4.90 Å². The Kier molecular flexibility index (Phi) is 4.72. The molecule has 0 fully saturated rings. The smallest absolute Gasteiger partial charge is 0.321 e. The highest BCUT2D eigenvalue weighted by molar-refractivity contribution is 7.94. The third-order valence-electron chi connectivity index (χ3n) is 2.80. The zero-order chi connectivity index (χ0) is 16.3. The van der Waals surface area contributed by atoms with Crippen LogP contribution in [0, 0.1) is 6.92 Å². The molecule has 6 nitrogen and oxygen atoms in total. The van der Waals surface area contributed by atoms with E-state index in [1.54, 1.807) is 50.5 Å². The Morgan fingerprint density at radius 3 is 2.27 bits per heavy atom. The molecule has 0 aliphatic heterocycles. The van der Waals surface area contributed by atoms with Crippen molar-refractivity contribution in [2.75, 3.05) is 24.1 Å². The van der Waals surface area contributed by atoms with Crippen molar-refractivity contribution in [3.63, 3.8) is 0 Å². The van der Waals surface area contributed by atoms with Crippen LogP contribution in [-0.4, -0.2) is 33.4 Å². The normalized spacial score (nSPS) is 11.0. The van der Waals surface area contributed by atoms with E-state index in [4.69, 9.17) is 0 Å². The molecule has 2 rings (SSSR count). The van der Waals surface area contributed by atoms with Crippen LogP contribution in [0.15, 0.2) is 40.6 Å². The molecule has 1 aromatic heterocycles. The van der Waals surface area contributed by atoms with Crippen molar-refractivity contribution in [3.05, 3.63) is 41.3 Å². The fourth-order valence-corrected chi connectivity index (χ4v) is 4.02. The molecule has 8 heteroatoms.